The number of carboxylic acids is 1. The summed E-state index contributed by atoms with van der Waals surface area (Å²) < 4.78 is 5.64. The maximum absolute atomic E-state index is 13.0. The van der Waals surface area contributed by atoms with Crippen LogP contribution < -0.4 is 10.6 Å². The van der Waals surface area contributed by atoms with Gasteiger partial charge < -0.3 is 20.5 Å². The van der Waals surface area contributed by atoms with Gasteiger partial charge in [-0.15, -0.1) is 0 Å². The molecular weight excluding hydrogens is 444 g/mol. The molecule has 1 saturated carbocycles. The van der Waals surface area contributed by atoms with Gasteiger partial charge in [0.15, 0.2) is 0 Å². The standard InChI is InChI=1S/C28H34N2O5/c1-17(2)13-25(27(33)29-19-12-11-18(14-19)15-26(31)32)30-28(34)35-16-24-22-9-5-3-7-20(22)21-8-4-6-10-23(21)24/h3-10,17-19,24-25H,11-16H2,1-2H3,(H,29,33)(H,30,34)(H,31,32)/t18-,19+,25?/m0/s1. The van der Waals surface area contributed by atoms with Crippen molar-refractivity contribution in [2.75, 3.05) is 6.61 Å². The predicted molar refractivity (Wildman–Crippen MR) is 133 cm³/mol. The summed E-state index contributed by atoms with van der Waals surface area (Å²) >= 11 is 0. The summed E-state index contributed by atoms with van der Waals surface area (Å²) in [4.78, 5) is 36.7. The van der Waals surface area contributed by atoms with E-state index in [1.165, 1.54) is 0 Å². The minimum absolute atomic E-state index is 0.0461. The molecule has 0 aromatic heterocycles. The lowest BCUT2D eigenvalue weighted by Crippen LogP contribution is -2.50. The number of carboxylic acid groups (broad SMARTS) is 1. The molecule has 35 heavy (non-hydrogen) atoms. The average molecular weight is 479 g/mol. The van der Waals surface area contributed by atoms with Gasteiger partial charge in [0, 0.05) is 18.4 Å². The molecule has 3 atom stereocenters. The maximum Gasteiger partial charge on any atom is 0.407 e. The van der Waals surface area contributed by atoms with Gasteiger partial charge in [-0.2, -0.15) is 0 Å². The zero-order valence-corrected chi connectivity index (χ0v) is 20.3. The molecule has 2 aromatic rings. The summed E-state index contributed by atoms with van der Waals surface area (Å²) in [6, 6.07) is 15.5. The topological polar surface area (TPSA) is 105 Å². The van der Waals surface area contributed by atoms with Crippen LogP contribution in [0.3, 0.4) is 0 Å². The Labute approximate surface area is 206 Å². The van der Waals surface area contributed by atoms with Crippen molar-refractivity contribution >= 4 is 18.0 Å². The number of nitrogens with one attached hydrogen (secondary N) is 2. The van der Waals surface area contributed by atoms with Gasteiger partial charge in [-0.1, -0.05) is 62.4 Å². The second-order valence-corrected chi connectivity index (χ2v) is 10.1. The minimum Gasteiger partial charge on any atom is -0.481 e. The molecule has 0 radical (unpaired) electrons. The van der Waals surface area contributed by atoms with E-state index in [2.05, 4.69) is 34.9 Å². The van der Waals surface area contributed by atoms with Gasteiger partial charge in [0.1, 0.15) is 12.6 Å². The summed E-state index contributed by atoms with van der Waals surface area (Å²) in [7, 11) is 0. The van der Waals surface area contributed by atoms with Crippen molar-refractivity contribution in [3.8, 4) is 11.1 Å². The molecule has 0 heterocycles. The van der Waals surface area contributed by atoms with Crippen molar-refractivity contribution in [3.05, 3.63) is 59.7 Å². The number of aliphatic carboxylic acids is 1. The maximum atomic E-state index is 13.0. The zero-order chi connectivity index (χ0) is 24.9. The fourth-order valence-electron chi connectivity index (χ4n) is 5.43. The van der Waals surface area contributed by atoms with Crippen molar-refractivity contribution in [2.24, 2.45) is 11.8 Å². The van der Waals surface area contributed by atoms with Crippen molar-refractivity contribution < 1.29 is 24.2 Å². The van der Waals surface area contributed by atoms with Crippen LogP contribution in [0.5, 0.6) is 0 Å². The molecule has 4 rings (SSSR count). The van der Waals surface area contributed by atoms with E-state index in [0.29, 0.717) is 12.8 Å². The lowest BCUT2D eigenvalue weighted by Gasteiger charge is -2.23. The number of carbonyl (C=O) groups excluding carboxylic acids is 2. The summed E-state index contributed by atoms with van der Waals surface area (Å²) in [5.41, 5.74) is 4.59. The lowest BCUT2D eigenvalue weighted by atomic mass is 9.98. The summed E-state index contributed by atoms with van der Waals surface area (Å²) in [6.07, 6.45) is 2.19. The van der Waals surface area contributed by atoms with Gasteiger partial charge in [0.2, 0.25) is 5.91 Å². The van der Waals surface area contributed by atoms with Crippen molar-refractivity contribution in [1.29, 1.82) is 0 Å². The molecule has 0 aliphatic heterocycles. The molecule has 1 fully saturated rings. The van der Waals surface area contributed by atoms with Gasteiger partial charge in [0.05, 0.1) is 0 Å². The highest BCUT2D eigenvalue weighted by Gasteiger charge is 2.32. The van der Waals surface area contributed by atoms with Gasteiger partial charge >= 0.3 is 12.1 Å². The van der Waals surface area contributed by atoms with E-state index >= 15 is 0 Å². The molecule has 0 saturated heterocycles. The van der Waals surface area contributed by atoms with E-state index < -0.39 is 18.1 Å². The minimum atomic E-state index is -0.809. The van der Waals surface area contributed by atoms with Gasteiger partial charge in [-0.25, -0.2) is 4.79 Å². The highest BCUT2D eigenvalue weighted by atomic mass is 16.5. The third-order valence-corrected chi connectivity index (χ3v) is 7.01. The molecule has 7 heteroatoms. The van der Waals surface area contributed by atoms with Gasteiger partial charge in [-0.05, 0) is 59.8 Å². The first-order chi connectivity index (χ1) is 16.8. The Balaban J connectivity index is 1.35. The first-order valence-corrected chi connectivity index (χ1v) is 12.5. The highest BCUT2D eigenvalue weighted by molar-refractivity contribution is 5.86. The van der Waals surface area contributed by atoms with Gasteiger partial charge in [-0.3, -0.25) is 9.59 Å². The molecule has 2 aromatic carbocycles. The first kappa shape index (κ1) is 24.8. The van der Waals surface area contributed by atoms with E-state index in [9.17, 15) is 14.4 Å². The Morgan fingerprint density at radius 2 is 1.63 bits per heavy atom. The second kappa shape index (κ2) is 10.9. The number of ether oxygens (including phenoxy) is 1. The Kier molecular flexibility index (Phi) is 7.73. The smallest absolute Gasteiger partial charge is 0.407 e. The number of hydrogen-bond acceptors (Lipinski definition) is 4. The third-order valence-electron chi connectivity index (χ3n) is 7.01. The number of benzene rings is 2. The van der Waals surface area contributed by atoms with Crippen LogP contribution >= 0.6 is 0 Å². The predicted octanol–water partition coefficient (Wildman–Crippen LogP) is 4.70. The van der Waals surface area contributed by atoms with Crippen LogP contribution in [0.2, 0.25) is 0 Å². The summed E-state index contributed by atoms with van der Waals surface area (Å²) in [5.74, 6) is -0.820. The van der Waals surface area contributed by atoms with Crippen LogP contribution in [0.4, 0.5) is 4.79 Å². The van der Waals surface area contributed by atoms with Crippen molar-refractivity contribution in [3.63, 3.8) is 0 Å². The third kappa shape index (κ3) is 6.02. The Morgan fingerprint density at radius 3 is 2.23 bits per heavy atom. The van der Waals surface area contributed by atoms with Crippen LogP contribution in [-0.4, -0.2) is 41.8 Å². The van der Waals surface area contributed by atoms with Crippen LogP contribution in [0, 0.1) is 11.8 Å². The monoisotopic (exact) mass is 478 g/mol. The van der Waals surface area contributed by atoms with Crippen molar-refractivity contribution in [2.45, 2.75) is 64.0 Å². The molecular formula is C28H34N2O5. The van der Waals surface area contributed by atoms with Crippen molar-refractivity contribution in [1.82, 2.24) is 10.6 Å². The summed E-state index contributed by atoms with van der Waals surface area (Å²) in [5, 5.41) is 14.8. The van der Waals surface area contributed by atoms with Crippen LogP contribution in [0.15, 0.2) is 48.5 Å². The largest absolute Gasteiger partial charge is 0.481 e. The molecule has 2 aliphatic rings. The van der Waals surface area contributed by atoms with E-state index in [1.807, 2.05) is 38.1 Å². The van der Waals surface area contributed by atoms with Gasteiger partial charge in [0.25, 0.3) is 0 Å². The molecule has 1 unspecified atom stereocenters. The normalized spacial score (nSPS) is 19.6. The summed E-state index contributed by atoms with van der Waals surface area (Å²) in [6.45, 7) is 4.19. The Morgan fingerprint density at radius 1 is 1.00 bits per heavy atom. The molecule has 2 amide bonds. The van der Waals surface area contributed by atoms with E-state index in [-0.39, 0.29) is 42.7 Å². The number of carbonyl (C=O) groups is 3. The van der Waals surface area contributed by atoms with Crippen LogP contribution in [0.25, 0.3) is 11.1 Å². The molecule has 2 aliphatic carbocycles. The molecule has 7 nitrogen and oxygen atoms in total. The van der Waals surface area contributed by atoms with E-state index in [1.54, 1.807) is 0 Å². The second-order valence-electron chi connectivity index (χ2n) is 10.1. The molecule has 3 N–H and O–H groups in total. The molecule has 0 spiro atoms. The molecule has 186 valence electrons. The number of rotatable bonds is 9. The fourth-order valence-corrected chi connectivity index (χ4v) is 5.43. The van der Waals surface area contributed by atoms with E-state index in [0.717, 1.165) is 35.1 Å². The number of hydrogen-bond donors (Lipinski definition) is 3. The quantitative estimate of drug-likeness (QED) is 0.485. The fraction of sp³-hybridized carbons (Fsp3) is 0.464. The SMILES string of the molecule is CC(C)CC(NC(=O)OCC1c2ccccc2-c2ccccc21)C(=O)N[C@@H]1CC[C@H](CC(=O)O)C1. The highest BCUT2D eigenvalue weighted by Crippen LogP contribution is 2.44. The first-order valence-electron chi connectivity index (χ1n) is 12.5. The number of amides is 2. The number of fused-ring (bicyclic) bond motifs is 3. The van der Waals surface area contributed by atoms with Crippen LogP contribution in [0.1, 0.15) is 63.0 Å². The lowest BCUT2D eigenvalue weighted by molar-refractivity contribution is -0.138. The zero-order valence-electron chi connectivity index (χ0n) is 20.3. The average Bonchev–Trinajstić information content (AvgIpc) is 3.38. The Bertz CT molecular complexity index is 1040. The Hall–Kier alpha value is -3.35. The van der Waals surface area contributed by atoms with Crippen LogP contribution in [-0.2, 0) is 14.3 Å². The molecule has 0 bridgehead atoms. The number of alkyl carbamates (subject to hydrolysis) is 1. The van der Waals surface area contributed by atoms with E-state index in [4.69, 9.17) is 9.84 Å².